The molecule has 2 aliphatic rings. The van der Waals surface area contributed by atoms with Gasteiger partial charge < -0.3 is 15.4 Å². The molecule has 17 heavy (non-hydrogen) atoms. The van der Waals surface area contributed by atoms with Gasteiger partial charge in [0.15, 0.2) is 0 Å². The maximum Gasteiger partial charge on any atom is 0.410 e. The van der Waals surface area contributed by atoms with Crippen LogP contribution in [0.25, 0.3) is 0 Å². The number of nitrogens with two attached hydrogens (primary N) is 1. The summed E-state index contributed by atoms with van der Waals surface area (Å²) in [5.41, 5.74) is 5.84. The Labute approximate surface area is 103 Å². The average Bonchev–Trinajstić information content (AvgIpc) is 2.32. The van der Waals surface area contributed by atoms with Crippen molar-refractivity contribution in [1.29, 1.82) is 0 Å². The third-order valence-corrected chi connectivity index (χ3v) is 3.90. The lowest BCUT2D eigenvalue weighted by Gasteiger charge is -2.33. The van der Waals surface area contributed by atoms with Gasteiger partial charge in [0.2, 0.25) is 0 Å². The van der Waals surface area contributed by atoms with Crippen molar-refractivity contribution < 1.29 is 9.53 Å². The summed E-state index contributed by atoms with van der Waals surface area (Å²) < 4.78 is 5.56. The molecule has 0 bridgehead atoms. The Bertz CT molecular complexity index is 262. The van der Waals surface area contributed by atoms with E-state index in [4.69, 9.17) is 10.5 Å². The first-order valence-corrected chi connectivity index (χ1v) is 6.86. The second-order valence-electron chi connectivity index (χ2n) is 5.61. The van der Waals surface area contributed by atoms with Gasteiger partial charge in [-0.1, -0.05) is 6.92 Å². The zero-order chi connectivity index (χ0) is 12.3. The minimum absolute atomic E-state index is 0.0968. The minimum Gasteiger partial charge on any atom is -0.446 e. The number of carbonyl (C=O) groups is 1. The number of hydrogen-bond acceptors (Lipinski definition) is 3. The zero-order valence-electron chi connectivity index (χ0n) is 10.7. The van der Waals surface area contributed by atoms with E-state index < -0.39 is 0 Å². The summed E-state index contributed by atoms with van der Waals surface area (Å²) in [6.45, 7) is 3.90. The number of rotatable bonds is 1. The smallest absolute Gasteiger partial charge is 0.410 e. The maximum absolute atomic E-state index is 12.0. The fourth-order valence-electron chi connectivity index (χ4n) is 2.78. The molecule has 1 amide bonds. The van der Waals surface area contributed by atoms with Gasteiger partial charge in [-0.3, -0.25) is 0 Å². The van der Waals surface area contributed by atoms with E-state index in [9.17, 15) is 4.79 Å². The Hall–Kier alpha value is -0.770. The lowest BCUT2D eigenvalue weighted by molar-refractivity contribution is 0.0348. The van der Waals surface area contributed by atoms with Crippen molar-refractivity contribution in [3.8, 4) is 0 Å². The van der Waals surface area contributed by atoms with Crippen LogP contribution in [-0.2, 0) is 4.74 Å². The van der Waals surface area contributed by atoms with Crippen LogP contribution in [0.15, 0.2) is 0 Å². The minimum atomic E-state index is -0.114. The lowest BCUT2D eigenvalue weighted by atomic mass is 9.94. The molecule has 0 aromatic carbocycles. The highest BCUT2D eigenvalue weighted by Crippen LogP contribution is 2.22. The summed E-state index contributed by atoms with van der Waals surface area (Å²) in [5, 5.41) is 0. The number of likely N-dealkylation sites (tertiary alicyclic amines) is 1. The van der Waals surface area contributed by atoms with E-state index in [-0.39, 0.29) is 12.2 Å². The molecule has 4 heteroatoms. The molecule has 1 aliphatic heterocycles. The van der Waals surface area contributed by atoms with Crippen LogP contribution in [-0.4, -0.2) is 36.2 Å². The van der Waals surface area contributed by atoms with E-state index in [2.05, 4.69) is 6.92 Å². The van der Waals surface area contributed by atoms with Crippen LogP contribution in [0.4, 0.5) is 4.79 Å². The molecule has 2 N–H and O–H groups in total. The molecule has 2 fully saturated rings. The van der Waals surface area contributed by atoms with Crippen molar-refractivity contribution in [2.24, 2.45) is 11.7 Å². The van der Waals surface area contributed by atoms with Gasteiger partial charge in [-0.2, -0.15) is 0 Å². The average molecular weight is 240 g/mol. The van der Waals surface area contributed by atoms with Crippen LogP contribution in [0.1, 0.15) is 45.4 Å². The lowest BCUT2D eigenvalue weighted by Crippen LogP contribution is -2.42. The normalized spacial score (nSPS) is 34.5. The second-order valence-corrected chi connectivity index (χ2v) is 5.61. The van der Waals surface area contributed by atoms with Crippen molar-refractivity contribution in [3.63, 3.8) is 0 Å². The first kappa shape index (κ1) is 12.7. The van der Waals surface area contributed by atoms with Gasteiger partial charge in [0.1, 0.15) is 6.10 Å². The molecule has 0 radical (unpaired) electrons. The molecule has 98 valence electrons. The zero-order valence-corrected chi connectivity index (χ0v) is 10.7. The standard InChI is InChI=1S/C13H24N2O2/c1-10-3-2-8-15(9-10)13(16)17-12-6-4-11(14)5-7-12/h10-12H,2-9,14H2,1H3. The number of amides is 1. The van der Waals surface area contributed by atoms with Crippen molar-refractivity contribution in [2.45, 2.75) is 57.6 Å². The fraction of sp³-hybridized carbons (Fsp3) is 0.923. The van der Waals surface area contributed by atoms with Crippen LogP contribution in [0.2, 0.25) is 0 Å². The number of piperidine rings is 1. The Balaban J connectivity index is 1.76. The molecule has 1 saturated carbocycles. The van der Waals surface area contributed by atoms with E-state index in [0.29, 0.717) is 12.0 Å². The summed E-state index contributed by atoms with van der Waals surface area (Å²) in [5.74, 6) is 0.607. The van der Waals surface area contributed by atoms with Crippen molar-refractivity contribution >= 4 is 6.09 Å². The van der Waals surface area contributed by atoms with Crippen LogP contribution in [0, 0.1) is 5.92 Å². The third kappa shape index (κ3) is 3.60. The molecule has 4 nitrogen and oxygen atoms in total. The Kier molecular flexibility index (Phi) is 4.26. The van der Waals surface area contributed by atoms with E-state index >= 15 is 0 Å². The van der Waals surface area contributed by atoms with Crippen molar-refractivity contribution in [3.05, 3.63) is 0 Å². The number of hydrogen-bond donors (Lipinski definition) is 1. The molecule has 1 atom stereocenters. The van der Waals surface area contributed by atoms with Gasteiger partial charge in [-0.05, 0) is 44.4 Å². The molecule has 0 aromatic heterocycles. The number of nitrogens with zero attached hydrogens (tertiary/aromatic N) is 1. The molecule has 1 heterocycles. The summed E-state index contributed by atoms with van der Waals surface area (Å²) in [7, 11) is 0. The number of ether oxygens (including phenoxy) is 1. The SMILES string of the molecule is CC1CCCN(C(=O)OC2CCC(N)CC2)C1. The Morgan fingerprint density at radius 3 is 2.59 bits per heavy atom. The van der Waals surface area contributed by atoms with Crippen molar-refractivity contribution in [2.75, 3.05) is 13.1 Å². The van der Waals surface area contributed by atoms with Crippen LogP contribution < -0.4 is 5.73 Å². The molecular formula is C13H24N2O2. The summed E-state index contributed by atoms with van der Waals surface area (Å²) in [6.07, 6.45) is 6.12. The topological polar surface area (TPSA) is 55.6 Å². The van der Waals surface area contributed by atoms with Crippen molar-refractivity contribution in [1.82, 2.24) is 4.90 Å². The Morgan fingerprint density at radius 2 is 1.94 bits per heavy atom. The molecule has 2 rings (SSSR count). The van der Waals surface area contributed by atoms with Gasteiger partial charge in [0, 0.05) is 19.1 Å². The highest BCUT2D eigenvalue weighted by molar-refractivity contribution is 5.68. The summed E-state index contributed by atoms with van der Waals surface area (Å²) in [6, 6.07) is 0.306. The van der Waals surface area contributed by atoms with Gasteiger partial charge >= 0.3 is 6.09 Å². The van der Waals surface area contributed by atoms with Crippen LogP contribution >= 0.6 is 0 Å². The maximum atomic E-state index is 12.0. The monoisotopic (exact) mass is 240 g/mol. The highest BCUT2D eigenvalue weighted by atomic mass is 16.6. The first-order chi connectivity index (χ1) is 8.15. The number of carbonyl (C=O) groups excluding carboxylic acids is 1. The van der Waals surface area contributed by atoms with Crippen LogP contribution in [0.5, 0.6) is 0 Å². The first-order valence-electron chi connectivity index (χ1n) is 6.86. The van der Waals surface area contributed by atoms with Crippen LogP contribution in [0.3, 0.4) is 0 Å². The molecule has 1 aliphatic carbocycles. The van der Waals surface area contributed by atoms with E-state index in [1.165, 1.54) is 6.42 Å². The van der Waals surface area contributed by atoms with Gasteiger partial charge in [0.05, 0.1) is 0 Å². The second kappa shape index (κ2) is 5.71. The summed E-state index contributed by atoms with van der Waals surface area (Å²) in [4.78, 5) is 13.8. The summed E-state index contributed by atoms with van der Waals surface area (Å²) >= 11 is 0. The van der Waals surface area contributed by atoms with Gasteiger partial charge in [0.25, 0.3) is 0 Å². The quantitative estimate of drug-likeness (QED) is 0.764. The van der Waals surface area contributed by atoms with Gasteiger partial charge in [-0.15, -0.1) is 0 Å². The van der Waals surface area contributed by atoms with E-state index in [0.717, 1.165) is 45.2 Å². The third-order valence-electron chi connectivity index (χ3n) is 3.90. The Morgan fingerprint density at radius 1 is 1.24 bits per heavy atom. The molecule has 1 saturated heterocycles. The predicted molar refractivity (Wildman–Crippen MR) is 66.7 cm³/mol. The fourth-order valence-corrected chi connectivity index (χ4v) is 2.78. The highest BCUT2D eigenvalue weighted by Gasteiger charge is 2.26. The predicted octanol–water partition coefficient (Wildman–Crippen LogP) is 2.12. The van der Waals surface area contributed by atoms with Gasteiger partial charge in [-0.25, -0.2) is 4.79 Å². The molecule has 0 spiro atoms. The molecule has 1 unspecified atom stereocenters. The van der Waals surface area contributed by atoms with E-state index in [1.54, 1.807) is 0 Å². The molecular weight excluding hydrogens is 216 g/mol. The molecule has 0 aromatic rings. The van der Waals surface area contributed by atoms with E-state index in [1.807, 2.05) is 4.90 Å². The largest absolute Gasteiger partial charge is 0.446 e.